The zero-order valence-corrected chi connectivity index (χ0v) is 23.4. The lowest BCUT2D eigenvalue weighted by atomic mass is 9.82. The minimum absolute atomic E-state index is 0.144. The van der Waals surface area contributed by atoms with Crippen LogP contribution in [0.5, 0.6) is 0 Å². The Bertz CT molecular complexity index is 1240. The zero-order valence-electron chi connectivity index (χ0n) is 22.5. The van der Waals surface area contributed by atoms with E-state index in [1.54, 1.807) is 0 Å². The van der Waals surface area contributed by atoms with Crippen LogP contribution in [0.3, 0.4) is 0 Å². The predicted molar refractivity (Wildman–Crippen MR) is 160 cm³/mol. The molecule has 194 valence electrons. The SMILES string of the molecule is CC(C)(C)C1=NC(C(Cc2ccccc2)(Cc2ccccc2)OP(c2ccccc2)c2ccccc2)CO1. The van der Waals surface area contributed by atoms with Crippen molar-refractivity contribution in [1.29, 1.82) is 0 Å². The van der Waals surface area contributed by atoms with Crippen molar-refractivity contribution in [2.75, 3.05) is 6.61 Å². The van der Waals surface area contributed by atoms with E-state index in [1.165, 1.54) is 21.7 Å². The highest BCUT2D eigenvalue weighted by Crippen LogP contribution is 2.46. The molecule has 4 aromatic carbocycles. The number of ether oxygens (including phenoxy) is 1. The van der Waals surface area contributed by atoms with Gasteiger partial charge in [0.05, 0.1) is 8.15 Å². The topological polar surface area (TPSA) is 30.8 Å². The summed E-state index contributed by atoms with van der Waals surface area (Å²) in [6.07, 6.45) is 1.46. The van der Waals surface area contributed by atoms with Gasteiger partial charge in [-0.1, -0.05) is 142 Å². The molecule has 1 heterocycles. The van der Waals surface area contributed by atoms with Crippen LogP contribution in [-0.4, -0.2) is 24.1 Å². The molecule has 0 bridgehead atoms. The van der Waals surface area contributed by atoms with Crippen molar-refractivity contribution in [3.8, 4) is 0 Å². The van der Waals surface area contributed by atoms with E-state index in [0.29, 0.717) is 6.61 Å². The molecule has 1 atom stereocenters. The smallest absolute Gasteiger partial charge is 0.189 e. The van der Waals surface area contributed by atoms with E-state index in [4.69, 9.17) is 14.3 Å². The summed E-state index contributed by atoms with van der Waals surface area (Å²) in [7, 11) is -1.11. The summed E-state index contributed by atoms with van der Waals surface area (Å²) in [5.74, 6) is 0.806. The molecule has 4 heteroatoms. The van der Waals surface area contributed by atoms with Gasteiger partial charge >= 0.3 is 0 Å². The molecular weight excluding hydrogens is 485 g/mol. The minimum Gasteiger partial charge on any atom is -0.478 e. The van der Waals surface area contributed by atoms with Gasteiger partial charge in [0.2, 0.25) is 0 Å². The molecule has 0 saturated heterocycles. The van der Waals surface area contributed by atoms with Gasteiger partial charge in [-0.15, -0.1) is 0 Å². The van der Waals surface area contributed by atoms with Gasteiger partial charge in [-0.05, 0) is 11.1 Å². The average molecular weight is 522 g/mol. The van der Waals surface area contributed by atoms with Crippen LogP contribution >= 0.6 is 8.15 Å². The van der Waals surface area contributed by atoms with Gasteiger partial charge in [0.1, 0.15) is 18.2 Å². The van der Waals surface area contributed by atoms with Crippen molar-refractivity contribution in [2.45, 2.75) is 45.3 Å². The third kappa shape index (κ3) is 6.23. The number of aliphatic imine (C=N–C) groups is 1. The molecule has 38 heavy (non-hydrogen) atoms. The van der Waals surface area contributed by atoms with Gasteiger partial charge in [-0.25, -0.2) is 4.99 Å². The summed E-state index contributed by atoms with van der Waals surface area (Å²) in [5, 5.41) is 2.39. The summed E-state index contributed by atoms with van der Waals surface area (Å²) in [4.78, 5) is 5.24. The van der Waals surface area contributed by atoms with Gasteiger partial charge < -0.3 is 9.26 Å². The monoisotopic (exact) mass is 521 g/mol. The quantitative estimate of drug-likeness (QED) is 0.220. The van der Waals surface area contributed by atoms with Crippen LogP contribution in [0.4, 0.5) is 0 Å². The molecule has 0 fully saturated rings. The van der Waals surface area contributed by atoms with E-state index in [9.17, 15) is 0 Å². The Labute approximate surface area is 228 Å². The highest BCUT2D eigenvalue weighted by Gasteiger charge is 2.47. The van der Waals surface area contributed by atoms with Crippen molar-refractivity contribution in [1.82, 2.24) is 0 Å². The molecule has 0 radical (unpaired) electrons. The lowest BCUT2D eigenvalue weighted by Crippen LogP contribution is -2.49. The molecule has 0 saturated carbocycles. The number of rotatable bonds is 9. The van der Waals surface area contributed by atoms with Crippen LogP contribution in [0.15, 0.2) is 126 Å². The molecule has 0 aromatic heterocycles. The molecule has 0 aliphatic carbocycles. The lowest BCUT2D eigenvalue weighted by Gasteiger charge is -2.40. The molecule has 0 spiro atoms. The van der Waals surface area contributed by atoms with Gasteiger partial charge in [0.15, 0.2) is 5.90 Å². The van der Waals surface area contributed by atoms with E-state index in [2.05, 4.69) is 142 Å². The molecule has 4 aromatic rings. The molecule has 1 unspecified atom stereocenters. The fraction of sp³-hybridized carbons (Fsp3) is 0.265. The average Bonchev–Trinajstić information content (AvgIpc) is 3.46. The molecule has 1 aliphatic rings. The van der Waals surface area contributed by atoms with E-state index < -0.39 is 13.7 Å². The maximum atomic E-state index is 7.54. The largest absolute Gasteiger partial charge is 0.478 e. The zero-order chi connectivity index (χ0) is 26.4. The highest BCUT2D eigenvalue weighted by molar-refractivity contribution is 7.68. The van der Waals surface area contributed by atoms with Crippen LogP contribution in [-0.2, 0) is 22.1 Å². The van der Waals surface area contributed by atoms with E-state index in [-0.39, 0.29) is 11.5 Å². The van der Waals surface area contributed by atoms with Gasteiger partial charge in [0.25, 0.3) is 0 Å². The summed E-state index contributed by atoms with van der Waals surface area (Å²) in [5.41, 5.74) is 1.69. The predicted octanol–water partition coefficient (Wildman–Crippen LogP) is 7.12. The van der Waals surface area contributed by atoms with Crippen molar-refractivity contribution in [2.24, 2.45) is 10.4 Å². The highest BCUT2D eigenvalue weighted by atomic mass is 31.1. The molecule has 0 amide bonds. The standard InChI is InChI=1S/C34H36NO2P/c1-33(2,3)32-35-31(26-36-32)34(24-27-16-8-4-9-17-27,25-28-18-10-5-11-19-28)37-38(29-20-12-6-13-21-29)30-22-14-7-15-23-30/h4-23,31H,24-26H2,1-3H3. The third-order valence-corrected chi connectivity index (χ3v) is 8.93. The molecule has 1 aliphatic heterocycles. The minimum atomic E-state index is -1.11. The van der Waals surface area contributed by atoms with Crippen LogP contribution in [0.2, 0.25) is 0 Å². The number of hydrogen-bond acceptors (Lipinski definition) is 3. The van der Waals surface area contributed by atoms with Gasteiger partial charge in [-0.3, -0.25) is 0 Å². The maximum Gasteiger partial charge on any atom is 0.189 e. The lowest BCUT2D eigenvalue weighted by molar-refractivity contribution is 0.0479. The van der Waals surface area contributed by atoms with Gasteiger partial charge in [-0.2, -0.15) is 0 Å². The van der Waals surface area contributed by atoms with E-state index in [1.807, 2.05) is 0 Å². The summed E-state index contributed by atoms with van der Waals surface area (Å²) < 4.78 is 13.8. The molecular formula is C34H36NO2P. The second kappa shape index (κ2) is 11.6. The van der Waals surface area contributed by atoms with Crippen molar-refractivity contribution < 1.29 is 9.26 Å². The molecule has 0 N–H and O–H groups in total. The Hall–Kier alpha value is -3.26. The second-order valence-electron chi connectivity index (χ2n) is 11.0. The first-order chi connectivity index (χ1) is 18.4. The van der Waals surface area contributed by atoms with Crippen LogP contribution in [0.25, 0.3) is 0 Å². The fourth-order valence-corrected chi connectivity index (χ4v) is 6.93. The summed E-state index contributed by atoms with van der Waals surface area (Å²) in [6, 6.07) is 42.5. The second-order valence-corrected chi connectivity index (χ2v) is 12.8. The maximum absolute atomic E-state index is 7.54. The Morgan fingerprint density at radius 1 is 0.684 bits per heavy atom. The van der Waals surface area contributed by atoms with Crippen molar-refractivity contribution >= 4 is 24.7 Å². The number of nitrogens with zero attached hydrogens (tertiary/aromatic N) is 1. The van der Waals surface area contributed by atoms with Crippen molar-refractivity contribution in [3.05, 3.63) is 132 Å². The van der Waals surface area contributed by atoms with Crippen molar-refractivity contribution in [3.63, 3.8) is 0 Å². The number of hydrogen-bond donors (Lipinski definition) is 0. The van der Waals surface area contributed by atoms with Crippen LogP contribution in [0.1, 0.15) is 31.9 Å². The normalized spacial score (nSPS) is 15.8. The van der Waals surface area contributed by atoms with Gasteiger partial charge in [0, 0.05) is 28.9 Å². The van der Waals surface area contributed by atoms with Crippen LogP contribution < -0.4 is 10.6 Å². The first-order valence-corrected chi connectivity index (χ1v) is 14.6. The fourth-order valence-electron chi connectivity index (χ4n) is 4.92. The first kappa shape index (κ1) is 26.4. The summed E-state index contributed by atoms with van der Waals surface area (Å²) >= 11 is 0. The van der Waals surface area contributed by atoms with Crippen LogP contribution in [0, 0.1) is 5.41 Å². The number of benzene rings is 4. The molecule has 5 rings (SSSR count). The van der Waals surface area contributed by atoms with E-state index >= 15 is 0 Å². The van der Waals surface area contributed by atoms with E-state index in [0.717, 1.165) is 18.7 Å². The Morgan fingerprint density at radius 2 is 1.11 bits per heavy atom. The first-order valence-electron chi connectivity index (χ1n) is 13.3. The molecule has 3 nitrogen and oxygen atoms in total. The third-order valence-electron chi connectivity index (χ3n) is 6.85. The summed E-state index contributed by atoms with van der Waals surface area (Å²) in [6.45, 7) is 6.99. The Kier molecular flexibility index (Phi) is 8.07. The Balaban J connectivity index is 1.66. The Morgan fingerprint density at radius 3 is 1.50 bits per heavy atom.